The Morgan fingerprint density at radius 1 is 1.24 bits per heavy atom. The molecule has 1 saturated carbocycles. The van der Waals surface area contributed by atoms with E-state index in [1.165, 1.54) is 38.6 Å². The SMILES string of the molecule is CC1CCN(C)CC(CC#N)N1C1CCCC1. The molecule has 1 heterocycles. The number of nitriles is 1. The third-order valence-corrected chi connectivity index (χ3v) is 4.45. The molecule has 1 aliphatic carbocycles. The predicted octanol–water partition coefficient (Wildman–Crippen LogP) is 2.24. The van der Waals surface area contributed by atoms with E-state index in [0.717, 1.165) is 12.6 Å². The average Bonchev–Trinajstić information content (AvgIpc) is 2.76. The minimum atomic E-state index is 0.450. The van der Waals surface area contributed by atoms with Crippen LogP contribution in [0.5, 0.6) is 0 Å². The van der Waals surface area contributed by atoms with Crippen LogP contribution in [0.4, 0.5) is 0 Å². The summed E-state index contributed by atoms with van der Waals surface area (Å²) >= 11 is 0. The minimum absolute atomic E-state index is 0.450. The second-order valence-corrected chi connectivity index (χ2v) is 5.80. The summed E-state index contributed by atoms with van der Waals surface area (Å²) in [5, 5.41) is 9.05. The van der Waals surface area contributed by atoms with E-state index in [0.29, 0.717) is 18.5 Å². The maximum atomic E-state index is 9.05. The molecule has 2 unspecified atom stereocenters. The smallest absolute Gasteiger partial charge is 0.0638 e. The maximum absolute atomic E-state index is 9.05. The van der Waals surface area contributed by atoms with Crippen molar-refractivity contribution in [3.05, 3.63) is 0 Å². The molecule has 0 N–H and O–H groups in total. The molecule has 2 fully saturated rings. The summed E-state index contributed by atoms with van der Waals surface area (Å²) in [5.74, 6) is 0. The summed E-state index contributed by atoms with van der Waals surface area (Å²) in [6.07, 6.45) is 7.37. The Kier molecular flexibility index (Phi) is 4.42. The summed E-state index contributed by atoms with van der Waals surface area (Å²) in [4.78, 5) is 5.08. The molecule has 0 amide bonds. The van der Waals surface area contributed by atoms with Gasteiger partial charge in [-0.2, -0.15) is 5.26 Å². The van der Waals surface area contributed by atoms with E-state index in [9.17, 15) is 0 Å². The van der Waals surface area contributed by atoms with Gasteiger partial charge in [-0.15, -0.1) is 0 Å². The zero-order chi connectivity index (χ0) is 12.3. The fourth-order valence-electron chi connectivity index (χ4n) is 3.60. The van der Waals surface area contributed by atoms with Gasteiger partial charge in [0.05, 0.1) is 12.5 Å². The van der Waals surface area contributed by atoms with E-state index >= 15 is 0 Å². The van der Waals surface area contributed by atoms with Crippen molar-refractivity contribution in [2.45, 2.75) is 63.6 Å². The van der Waals surface area contributed by atoms with Gasteiger partial charge in [0.25, 0.3) is 0 Å². The molecule has 0 aromatic rings. The summed E-state index contributed by atoms with van der Waals surface area (Å²) in [7, 11) is 2.19. The van der Waals surface area contributed by atoms with Crippen LogP contribution in [0.1, 0.15) is 45.4 Å². The van der Waals surface area contributed by atoms with Crippen molar-refractivity contribution in [1.82, 2.24) is 9.80 Å². The Hall–Kier alpha value is -0.590. The van der Waals surface area contributed by atoms with Gasteiger partial charge < -0.3 is 4.90 Å². The largest absolute Gasteiger partial charge is 0.305 e. The maximum Gasteiger partial charge on any atom is 0.0638 e. The van der Waals surface area contributed by atoms with Crippen LogP contribution in [0.15, 0.2) is 0 Å². The molecule has 2 aliphatic rings. The van der Waals surface area contributed by atoms with Crippen LogP contribution in [-0.4, -0.2) is 48.1 Å². The first-order valence-corrected chi connectivity index (χ1v) is 7.05. The molecule has 0 spiro atoms. The summed E-state index contributed by atoms with van der Waals surface area (Å²) in [5.41, 5.74) is 0. The fourth-order valence-corrected chi connectivity index (χ4v) is 3.60. The van der Waals surface area contributed by atoms with E-state index < -0.39 is 0 Å². The zero-order valence-corrected chi connectivity index (χ0v) is 11.2. The Morgan fingerprint density at radius 2 is 1.94 bits per heavy atom. The van der Waals surface area contributed by atoms with Crippen molar-refractivity contribution >= 4 is 0 Å². The van der Waals surface area contributed by atoms with Crippen molar-refractivity contribution in [3.8, 4) is 6.07 Å². The van der Waals surface area contributed by atoms with Gasteiger partial charge in [-0.25, -0.2) is 0 Å². The van der Waals surface area contributed by atoms with E-state index in [2.05, 4.69) is 29.8 Å². The third kappa shape index (κ3) is 3.00. The van der Waals surface area contributed by atoms with Gasteiger partial charge in [-0.1, -0.05) is 12.8 Å². The van der Waals surface area contributed by atoms with Crippen molar-refractivity contribution < 1.29 is 0 Å². The minimum Gasteiger partial charge on any atom is -0.305 e. The number of likely N-dealkylation sites (N-methyl/N-ethyl adjacent to an activating group) is 1. The molecule has 3 heteroatoms. The van der Waals surface area contributed by atoms with Crippen LogP contribution in [0.25, 0.3) is 0 Å². The highest BCUT2D eigenvalue weighted by molar-refractivity contribution is 4.93. The number of hydrogen-bond acceptors (Lipinski definition) is 3. The van der Waals surface area contributed by atoms with Gasteiger partial charge in [0.2, 0.25) is 0 Å². The molecule has 1 saturated heterocycles. The van der Waals surface area contributed by atoms with Crippen molar-refractivity contribution in [3.63, 3.8) is 0 Å². The zero-order valence-electron chi connectivity index (χ0n) is 11.2. The second-order valence-electron chi connectivity index (χ2n) is 5.80. The molecule has 3 nitrogen and oxygen atoms in total. The van der Waals surface area contributed by atoms with E-state index in [-0.39, 0.29) is 0 Å². The van der Waals surface area contributed by atoms with Crippen LogP contribution in [0, 0.1) is 11.3 Å². The van der Waals surface area contributed by atoms with Crippen LogP contribution in [-0.2, 0) is 0 Å². The molecular formula is C14H25N3. The van der Waals surface area contributed by atoms with Gasteiger partial charge in [-0.05, 0) is 39.8 Å². The van der Waals surface area contributed by atoms with E-state index in [1.54, 1.807) is 0 Å². The highest BCUT2D eigenvalue weighted by Crippen LogP contribution is 2.30. The topological polar surface area (TPSA) is 30.3 Å². The van der Waals surface area contributed by atoms with E-state index in [4.69, 9.17) is 5.26 Å². The molecule has 0 aromatic heterocycles. The van der Waals surface area contributed by atoms with Gasteiger partial charge >= 0.3 is 0 Å². The fraction of sp³-hybridized carbons (Fsp3) is 0.929. The number of nitrogens with zero attached hydrogens (tertiary/aromatic N) is 3. The highest BCUT2D eigenvalue weighted by atomic mass is 15.3. The predicted molar refractivity (Wildman–Crippen MR) is 69.7 cm³/mol. The molecule has 0 bridgehead atoms. The van der Waals surface area contributed by atoms with Crippen LogP contribution in [0.2, 0.25) is 0 Å². The van der Waals surface area contributed by atoms with Gasteiger partial charge in [-0.3, -0.25) is 4.90 Å². The molecular weight excluding hydrogens is 210 g/mol. The Morgan fingerprint density at radius 3 is 2.59 bits per heavy atom. The van der Waals surface area contributed by atoms with Crippen molar-refractivity contribution in [1.29, 1.82) is 5.26 Å². The summed E-state index contributed by atoms with van der Waals surface area (Å²) in [6.45, 7) is 4.59. The van der Waals surface area contributed by atoms with Gasteiger partial charge in [0, 0.05) is 24.7 Å². The normalized spacial score (nSPS) is 33.5. The molecule has 2 rings (SSSR count). The van der Waals surface area contributed by atoms with Gasteiger partial charge in [0.15, 0.2) is 0 Å². The second kappa shape index (κ2) is 5.84. The summed E-state index contributed by atoms with van der Waals surface area (Å²) < 4.78 is 0. The first kappa shape index (κ1) is 12.9. The lowest BCUT2D eigenvalue weighted by atomic mass is 10.0. The molecule has 96 valence electrons. The Bertz CT molecular complexity index is 278. The Labute approximate surface area is 105 Å². The average molecular weight is 235 g/mol. The first-order valence-electron chi connectivity index (χ1n) is 7.05. The number of hydrogen-bond donors (Lipinski definition) is 0. The first-order chi connectivity index (χ1) is 8.22. The van der Waals surface area contributed by atoms with Crippen LogP contribution < -0.4 is 0 Å². The van der Waals surface area contributed by atoms with Crippen molar-refractivity contribution in [2.24, 2.45) is 0 Å². The number of rotatable bonds is 2. The third-order valence-electron chi connectivity index (χ3n) is 4.45. The summed E-state index contributed by atoms with van der Waals surface area (Å²) in [6, 6.07) is 4.23. The lowest BCUT2D eigenvalue weighted by molar-refractivity contribution is 0.0930. The molecule has 17 heavy (non-hydrogen) atoms. The lowest BCUT2D eigenvalue weighted by Crippen LogP contribution is -2.48. The lowest BCUT2D eigenvalue weighted by Gasteiger charge is -2.38. The molecule has 0 aromatic carbocycles. The standard InChI is InChI=1S/C14H25N3/c1-12-8-10-16(2)11-14(7-9-15)17(12)13-5-3-4-6-13/h12-14H,3-8,10-11H2,1-2H3. The monoisotopic (exact) mass is 235 g/mol. The van der Waals surface area contributed by atoms with Crippen molar-refractivity contribution in [2.75, 3.05) is 20.1 Å². The quantitative estimate of drug-likeness (QED) is 0.735. The van der Waals surface area contributed by atoms with Crippen LogP contribution in [0.3, 0.4) is 0 Å². The molecule has 1 aliphatic heterocycles. The van der Waals surface area contributed by atoms with Gasteiger partial charge in [0.1, 0.15) is 0 Å². The molecule has 0 radical (unpaired) electrons. The Balaban J connectivity index is 2.12. The van der Waals surface area contributed by atoms with E-state index in [1.807, 2.05) is 0 Å². The molecule has 2 atom stereocenters. The van der Waals surface area contributed by atoms with Crippen LogP contribution >= 0.6 is 0 Å². The highest BCUT2D eigenvalue weighted by Gasteiger charge is 2.34.